The predicted octanol–water partition coefficient (Wildman–Crippen LogP) is 6.63. The van der Waals surface area contributed by atoms with E-state index in [-0.39, 0.29) is 0 Å². The second-order valence-electron chi connectivity index (χ2n) is 6.06. The summed E-state index contributed by atoms with van der Waals surface area (Å²) in [7, 11) is 16.7. The number of nitrogens with zero attached hydrogens (tertiary/aromatic N) is 2. The second-order valence-corrected chi connectivity index (χ2v) is 38.3. The van der Waals surface area contributed by atoms with Crippen LogP contribution in [-0.4, -0.2) is 23.3 Å². The zero-order valence-corrected chi connectivity index (χ0v) is 21.5. The standard InChI is InChI=1S/2C9H13NS.2ClH.Sn/c2*1-4-8-6(2)5-9(11)10-7(8)3;;;/h2*5H,4H2,1-3H3,(H,10,11);2*1H;/q;;;;+4/p-4. The van der Waals surface area contributed by atoms with Gasteiger partial charge in [-0.3, -0.25) is 0 Å². The van der Waals surface area contributed by atoms with Crippen molar-refractivity contribution in [2.24, 2.45) is 0 Å². The quantitative estimate of drug-likeness (QED) is 0.398. The molecule has 2 heterocycles. The van der Waals surface area contributed by atoms with Crippen LogP contribution in [0.1, 0.15) is 47.5 Å². The minimum absolute atomic E-state index is 0.930. The van der Waals surface area contributed by atoms with Gasteiger partial charge in [0, 0.05) is 0 Å². The SMILES string of the molecule is CCc1c(C)cc([S][Sn]([Cl])([Cl])[S]c2cc(C)c(CC)c(C)n2)nc1C. The van der Waals surface area contributed by atoms with E-state index in [2.05, 4.69) is 53.7 Å². The average molecular weight is 522 g/mol. The Bertz CT molecular complexity index is 672. The van der Waals surface area contributed by atoms with Crippen molar-refractivity contribution in [2.75, 3.05) is 0 Å². The van der Waals surface area contributed by atoms with Crippen molar-refractivity contribution < 1.29 is 0 Å². The van der Waals surface area contributed by atoms with Crippen LogP contribution in [0, 0.1) is 27.7 Å². The Balaban J connectivity index is 2.23. The van der Waals surface area contributed by atoms with Gasteiger partial charge in [-0.2, -0.15) is 0 Å². The van der Waals surface area contributed by atoms with Crippen molar-refractivity contribution in [3.63, 3.8) is 0 Å². The molecule has 0 N–H and O–H groups in total. The number of hydrogen-bond acceptors (Lipinski definition) is 4. The molecule has 25 heavy (non-hydrogen) atoms. The molecule has 7 heteroatoms. The molecule has 0 amide bonds. The summed E-state index contributed by atoms with van der Waals surface area (Å²) in [6, 6.07) is 4.22. The van der Waals surface area contributed by atoms with Gasteiger partial charge in [-0.1, -0.05) is 0 Å². The first-order chi connectivity index (χ1) is 11.7. The molecule has 2 nitrogen and oxygen atoms in total. The second kappa shape index (κ2) is 9.05. The van der Waals surface area contributed by atoms with Crippen molar-refractivity contribution in [3.8, 4) is 0 Å². The topological polar surface area (TPSA) is 25.8 Å². The molecule has 0 radical (unpaired) electrons. The number of pyridine rings is 2. The van der Waals surface area contributed by atoms with Crippen LogP contribution < -0.4 is 0 Å². The number of aromatic nitrogens is 2. The molecule has 0 aliphatic rings. The maximum absolute atomic E-state index is 6.78. The third-order valence-corrected chi connectivity index (χ3v) is 22.7. The minimum atomic E-state index is -3.50. The van der Waals surface area contributed by atoms with E-state index in [0.717, 1.165) is 34.3 Å². The van der Waals surface area contributed by atoms with Crippen LogP contribution in [-0.2, 0) is 12.8 Å². The molecule has 0 aromatic carbocycles. The molecular weight excluding hydrogens is 498 g/mol. The Morgan fingerprint density at radius 2 is 1.16 bits per heavy atom. The third-order valence-electron chi connectivity index (χ3n) is 4.22. The van der Waals surface area contributed by atoms with Crippen LogP contribution in [0.15, 0.2) is 22.2 Å². The Hall–Kier alpha value is 0.379. The first-order valence-electron chi connectivity index (χ1n) is 8.36. The summed E-state index contributed by atoms with van der Waals surface area (Å²) in [5.41, 5.74) is 7.28. The van der Waals surface area contributed by atoms with Crippen molar-refractivity contribution in [2.45, 2.75) is 64.4 Å². The Morgan fingerprint density at radius 3 is 1.44 bits per heavy atom. The number of aryl methyl sites for hydroxylation is 4. The number of halogens is 2. The van der Waals surface area contributed by atoms with Gasteiger partial charge >= 0.3 is 169 Å². The van der Waals surface area contributed by atoms with E-state index >= 15 is 0 Å². The summed E-state index contributed by atoms with van der Waals surface area (Å²) in [5, 5.41) is 1.86. The first-order valence-corrected chi connectivity index (χ1v) is 24.2. The Kier molecular flexibility index (Phi) is 7.84. The number of hydrogen-bond donors (Lipinski definition) is 0. The molecule has 2 aromatic rings. The van der Waals surface area contributed by atoms with Gasteiger partial charge in [0.25, 0.3) is 0 Å². The van der Waals surface area contributed by atoms with E-state index < -0.39 is 13.4 Å². The molecule has 0 bridgehead atoms. The van der Waals surface area contributed by atoms with E-state index in [9.17, 15) is 0 Å². The summed E-state index contributed by atoms with van der Waals surface area (Å²) in [6.45, 7) is 12.7. The fraction of sp³-hybridized carbons (Fsp3) is 0.444. The van der Waals surface area contributed by atoms with Gasteiger partial charge in [0.15, 0.2) is 0 Å². The molecule has 0 atom stereocenters. The molecular formula is C18H24Cl2N2S2Sn. The fourth-order valence-corrected chi connectivity index (χ4v) is 21.4. The van der Waals surface area contributed by atoms with Gasteiger partial charge in [-0.15, -0.1) is 0 Å². The van der Waals surface area contributed by atoms with Crippen LogP contribution in [0.5, 0.6) is 0 Å². The number of rotatable bonds is 6. The summed E-state index contributed by atoms with van der Waals surface area (Å²) < 4.78 is 0. The van der Waals surface area contributed by atoms with E-state index in [1.807, 2.05) is 0 Å². The predicted molar refractivity (Wildman–Crippen MR) is 115 cm³/mol. The Labute approximate surface area is 168 Å². The van der Waals surface area contributed by atoms with Crippen LogP contribution in [0.3, 0.4) is 0 Å². The van der Waals surface area contributed by atoms with Gasteiger partial charge < -0.3 is 0 Å². The third kappa shape index (κ3) is 5.68. The molecule has 0 saturated heterocycles. The molecule has 2 rings (SSSR count). The van der Waals surface area contributed by atoms with E-state index in [1.165, 1.54) is 22.3 Å². The maximum atomic E-state index is 6.78. The monoisotopic (exact) mass is 522 g/mol. The molecule has 0 spiro atoms. The van der Waals surface area contributed by atoms with E-state index in [4.69, 9.17) is 27.8 Å². The normalized spacial score (nSPS) is 11.8. The Morgan fingerprint density at radius 1 is 0.800 bits per heavy atom. The van der Waals surface area contributed by atoms with Gasteiger partial charge in [-0.05, 0) is 0 Å². The molecule has 0 unspecified atom stereocenters. The summed E-state index contributed by atoms with van der Waals surface area (Å²) in [5.74, 6) is 0. The summed E-state index contributed by atoms with van der Waals surface area (Å²) >= 11 is -3.50. The van der Waals surface area contributed by atoms with Crippen molar-refractivity contribution in [1.29, 1.82) is 0 Å². The zero-order chi connectivity index (χ0) is 18.8. The summed E-state index contributed by atoms with van der Waals surface area (Å²) in [4.78, 5) is 9.41. The van der Waals surface area contributed by atoms with Crippen molar-refractivity contribution >= 4 is 49.1 Å². The van der Waals surface area contributed by atoms with Crippen molar-refractivity contribution in [1.82, 2.24) is 9.97 Å². The molecule has 0 aliphatic carbocycles. The van der Waals surface area contributed by atoms with Crippen LogP contribution in [0.2, 0.25) is 0 Å². The van der Waals surface area contributed by atoms with E-state index in [1.54, 1.807) is 17.9 Å². The van der Waals surface area contributed by atoms with Crippen LogP contribution in [0.4, 0.5) is 0 Å². The fourth-order valence-electron chi connectivity index (χ4n) is 3.08. The molecule has 0 fully saturated rings. The van der Waals surface area contributed by atoms with Gasteiger partial charge in [0.1, 0.15) is 0 Å². The van der Waals surface area contributed by atoms with Crippen LogP contribution >= 0.6 is 35.7 Å². The molecule has 0 saturated carbocycles. The van der Waals surface area contributed by atoms with Crippen molar-refractivity contribution in [3.05, 3.63) is 45.8 Å². The zero-order valence-electron chi connectivity index (χ0n) is 15.5. The van der Waals surface area contributed by atoms with Gasteiger partial charge in [0.2, 0.25) is 0 Å². The van der Waals surface area contributed by atoms with Gasteiger partial charge in [-0.25, -0.2) is 0 Å². The first kappa shape index (κ1) is 21.7. The van der Waals surface area contributed by atoms with Crippen LogP contribution in [0.25, 0.3) is 0 Å². The van der Waals surface area contributed by atoms with E-state index in [0.29, 0.717) is 0 Å². The molecule has 0 aliphatic heterocycles. The average Bonchev–Trinajstić information content (AvgIpc) is 2.45. The molecule has 2 aromatic heterocycles. The summed E-state index contributed by atoms with van der Waals surface area (Å²) in [6.07, 6.45) is 1.99. The van der Waals surface area contributed by atoms with Gasteiger partial charge in [0.05, 0.1) is 0 Å². The molecule has 136 valence electrons.